The van der Waals surface area contributed by atoms with Gasteiger partial charge in [-0.25, -0.2) is 4.79 Å². The van der Waals surface area contributed by atoms with Gasteiger partial charge < -0.3 is 19.9 Å². The lowest BCUT2D eigenvalue weighted by molar-refractivity contribution is 0.143. The van der Waals surface area contributed by atoms with Gasteiger partial charge in [-0.05, 0) is 30.7 Å². The largest absolute Gasteiger partial charge is 0.497 e. The highest BCUT2D eigenvalue weighted by Crippen LogP contribution is 2.11. The molecule has 1 saturated heterocycles. The average molecular weight is 291 g/mol. The van der Waals surface area contributed by atoms with Crippen LogP contribution in [0.4, 0.5) is 4.79 Å². The minimum atomic E-state index is 0.0549. The molecule has 1 fully saturated rings. The number of carbonyl (C=O) groups is 1. The van der Waals surface area contributed by atoms with Crippen molar-refractivity contribution in [2.75, 3.05) is 46.4 Å². The average Bonchev–Trinajstić information content (AvgIpc) is 2.55. The SMILES string of the molecule is CCN1CCN(C(=O)NCCc2ccc(OC)cc2)CC1. The molecule has 1 heterocycles. The Bertz CT molecular complexity index is 439. The van der Waals surface area contributed by atoms with E-state index >= 15 is 0 Å². The Labute approximate surface area is 126 Å². The summed E-state index contributed by atoms with van der Waals surface area (Å²) in [6.45, 7) is 7.48. The fourth-order valence-corrected chi connectivity index (χ4v) is 2.48. The number of rotatable bonds is 5. The molecular weight excluding hydrogens is 266 g/mol. The maximum absolute atomic E-state index is 12.1. The molecule has 1 aromatic carbocycles. The van der Waals surface area contributed by atoms with Gasteiger partial charge in [0.15, 0.2) is 0 Å². The molecule has 1 aliphatic rings. The minimum absolute atomic E-state index is 0.0549. The zero-order valence-corrected chi connectivity index (χ0v) is 13.0. The zero-order chi connectivity index (χ0) is 15.1. The highest BCUT2D eigenvalue weighted by Gasteiger charge is 2.19. The number of benzene rings is 1. The van der Waals surface area contributed by atoms with Crippen LogP contribution in [0.3, 0.4) is 0 Å². The molecule has 116 valence electrons. The predicted octanol–water partition coefficient (Wildman–Crippen LogP) is 1.58. The van der Waals surface area contributed by atoms with Crippen molar-refractivity contribution < 1.29 is 9.53 Å². The molecule has 2 rings (SSSR count). The smallest absolute Gasteiger partial charge is 0.317 e. The van der Waals surface area contributed by atoms with Gasteiger partial charge in [-0.15, -0.1) is 0 Å². The summed E-state index contributed by atoms with van der Waals surface area (Å²) in [4.78, 5) is 16.3. The Morgan fingerprint density at radius 2 is 1.86 bits per heavy atom. The molecule has 0 unspecified atom stereocenters. The minimum Gasteiger partial charge on any atom is -0.497 e. The lowest BCUT2D eigenvalue weighted by atomic mass is 10.1. The Morgan fingerprint density at radius 3 is 2.43 bits per heavy atom. The van der Waals surface area contributed by atoms with E-state index in [0.29, 0.717) is 6.54 Å². The van der Waals surface area contributed by atoms with Crippen molar-refractivity contribution in [1.82, 2.24) is 15.1 Å². The molecule has 0 aromatic heterocycles. The van der Waals surface area contributed by atoms with Crippen LogP contribution in [-0.4, -0.2) is 62.2 Å². The number of carbonyl (C=O) groups excluding carboxylic acids is 1. The first-order valence-corrected chi connectivity index (χ1v) is 7.61. The van der Waals surface area contributed by atoms with Crippen LogP contribution in [0, 0.1) is 0 Å². The normalized spacial score (nSPS) is 15.8. The molecule has 0 atom stereocenters. The Morgan fingerprint density at radius 1 is 1.19 bits per heavy atom. The zero-order valence-electron chi connectivity index (χ0n) is 13.0. The van der Waals surface area contributed by atoms with E-state index in [0.717, 1.165) is 44.9 Å². The van der Waals surface area contributed by atoms with Gasteiger partial charge in [-0.3, -0.25) is 0 Å². The third-order valence-electron chi connectivity index (χ3n) is 3.96. The van der Waals surface area contributed by atoms with E-state index < -0.39 is 0 Å². The number of nitrogens with one attached hydrogen (secondary N) is 1. The maximum Gasteiger partial charge on any atom is 0.317 e. The van der Waals surface area contributed by atoms with Gasteiger partial charge in [0.25, 0.3) is 0 Å². The number of piperazine rings is 1. The summed E-state index contributed by atoms with van der Waals surface area (Å²) in [7, 11) is 1.66. The Balaban J connectivity index is 1.69. The molecule has 2 amide bonds. The van der Waals surface area contributed by atoms with E-state index in [-0.39, 0.29) is 6.03 Å². The molecule has 5 nitrogen and oxygen atoms in total. The number of amides is 2. The Kier molecular flexibility index (Phi) is 5.87. The Hall–Kier alpha value is -1.75. The van der Waals surface area contributed by atoms with E-state index in [4.69, 9.17) is 4.74 Å². The summed E-state index contributed by atoms with van der Waals surface area (Å²) < 4.78 is 5.13. The topological polar surface area (TPSA) is 44.8 Å². The summed E-state index contributed by atoms with van der Waals surface area (Å²) in [6, 6.07) is 8.01. The molecule has 0 saturated carbocycles. The predicted molar refractivity (Wildman–Crippen MR) is 83.8 cm³/mol. The van der Waals surface area contributed by atoms with E-state index in [2.05, 4.69) is 17.1 Å². The first kappa shape index (κ1) is 15.6. The van der Waals surface area contributed by atoms with Crippen LogP contribution in [0.1, 0.15) is 12.5 Å². The molecule has 0 radical (unpaired) electrons. The van der Waals surface area contributed by atoms with E-state index in [1.165, 1.54) is 5.56 Å². The molecule has 0 spiro atoms. The monoisotopic (exact) mass is 291 g/mol. The third kappa shape index (κ3) is 4.63. The lowest BCUT2D eigenvalue weighted by Crippen LogP contribution is -2.51. The molecule has 1 aliphatic heterocycles. The van der Waals surface area contributed by atoms with Crippen LogP contribution in [-0.2, 0) is 6.42 Å². The molecule has 1 aromatic rings. The van der Waals surface area contributed by atoms with Crippen molar-refractivity contribution in [3.8, 4) is 5.75 Å². The highest BCUT2D eigenvalue weighted by atomic mass is 16.5. The molecule has 1 N–H and O–H groups in total. The van der Waals surface area contributed by atoms with Gasteiger partial charge in [-0.2, -0.15) is 0 Å². The van der Waals surface area contributed by atoms with Gasteiger partial charge in [0.05, 0.1) is 7.11 Å². The first-order chi connectivity index (χ1) is 10.2. The number of urea groups is 1. The second-order valence-electron chi connectivity index (χ2n) is 5.25. The van der Waals surface area contributed by atoms with Crippen LogP contribution < -0.4 is 10.1 Å². The second kappa shape index (κ2) is 7.88. The molecule has 21 heavy (non-hydrogen) atoms. The van der Waals surface area contributed by atoms with Crippen LogP contribution in [0.15, 0.2) is 24.3 Å². The summed E-state index contributed by atoms with van der Waals surface area (Å²) in [5.74, 6) is 0.858. The van der Waals surface area contributed by atoms with Crippen molar-refractivity contribution >= 4 is 6.03 Å². The number of ether oxygens (including phenoxy) is 1. The van der Waals surface area contributed by atoms with Crippen molar-refractivity contribution in [3.63, 3.8) is 0 Å². The van der Waals surface area contributed by atoms with Gasteiger partial charge in [0, 0.05) is 32.7 Å². The van der Waals surface area contributed by atoms with E-state index in [1.54, 1.807) is 7.11 Å². The van der Waals surface area contributed by atoms with Crippen LogP contribution in [0.25, 0.3) is 0 Å². The lowest BCUT2D eigenvalue weighted by Gasteiger charge is -2.34. The number of hydrogen-bond donors (Lipinski definition) is 1. The number of methoxy groups -OCH3 is 1. The molecule has 0 aliphatic carbocycles. The van der Waals surface area contributed by atoms with E-state index in [9.17, 15) is 4.79 Å². The number of likely N-dealkylation sites (N-methyl/N-ethyl adjacent to an activating group) is 1. The number of nitrogens with zero attached hydrogens (tertiary/aromatic N) is 2. The first-order valence-electron chi connectivity index (χ1n) is 7.61. The fraction of sp³-hybridized carbons (Fsp3) is 0.562. The van der Waals surface area contributed by atoms with Gasteiger partial charge in [0.2, 0.25) is 0 Å². The summed E-state index contributed by atoms with van der Waals surface area (Å²) in [6.07, 6.45) is 0.838. The summed E-state index contributed by atoms with van der Waals surface area (Å²) in [5.41, 5.74) is 1.20. The van der Waals surface area contributed by atoms with Crippen molar-refractivity contribution in [1.29, 1.82) is 0 Å². The third-order valence-corrected chi connectivity index (χ3v) is 3.96. The summed E-state index contributed by atoms with van der Waals surface area (Å²) >= 11 is 0. The van der Waals surface area contributed by atoms with Gasteiger partial charge >= 0.3 is 6.03 Å². The van der Waals surface area contributed by atoms with Crippen molar-refractivity contribution in [2.45, 2.75) is 13.3 Å². The van der Waals surface area contributed by atoms with Gasteiger partial charge in [-0.1, -0.05) is 19.1 Å². The highest BCUT2D eigenvalue weighted by molar-refractivity contribution is 5.74. The standard InChI is InChI=1S/C16H25N3O2/c1-3-18-10-12-19(13-11-18)16(20)17-9-8-14-4-6-15(21-2)7-5-14/h4-7H,3,8-13H2,1-2H3,(H,17,20). The van der Waals surface area contributed by atoms with Crippen LogP contribution >= 0.6 is 0 Å². The number of hydrogen-bond acceptors (Lipinski definition) is 3. The molecular formula is C16H25N3O2. The second-order valence-corrected chi connectivity index (χ2v) is 5.25. The van der Waals surface area contributed by atoms with Gasteiger partial charge in [0.1, 0.15) is 5.75 Å². The van der Waals surface area contributed by atoms with E-state index in [1.807, 2.05) is 29.2 Å². The molecule has 0 bridgehead atoms. The summed E-state index contributed by atoms with van der Waals surface area (Å²) in [5, 5.41) is 3.00. The van der Waals surface area contributed by atoms with Crippen LogP contribution in [0.5, 0.6) is 5.75 Å². The fourth-order valence-electron chi connectivity index (χ4n) is 2.48. The van der Waals surface area contributed by atoms with Crippen molar-refractivity contribution in [2.24, 2.45) is 0 Å². The van der Waals surface area contributed by atoms with Crippen LogP contribution in [0.2, 0.25) is 0 Å². The van der Waals surface area contributed by atoms with Crippen molar-refractivity contribution in [3.05, 3.63) is 29.8 Å². The quantitative estimate of drug-likeness (QED) is 0.896. The molecule has 5 heteroatoms. The maximum atomic E-state index is 12.1.